The average Bonchev–Trinajstić information content (AvgIpc) is 3.58. The largest absolute Gasteiger partial charge is 0.436 e. The van der Waals surface area contributed by atoms with Crippen molar-refractivity contribution in [1.82, 2.24) is 19.9 Å². The summed E-state index contributed by atoms with van der Waals surface area (Å²) in [6.07, 6.45) is -0.533. The zero-order valence-corrected chi connectivity index (χ0v) is 19.6. The second-order valence-corrected chi connectivity index (χ2v) is 8.86. The summed E-state index contributed by atoms with van der Waals surface area (Å²) >= 11 is 0. The number of hydrogen-bond donors (Lipinski definition) is 2. The van der Waals surface area contributed by atoms with Gasteiger partial charge in [-0.25, -0.2) is 22.9 Å². The number of rotatable bonds is 6. The van der Waals surface area contributed by atoms with Crippen LogP contribution in [0.2, 0.25) is 0 Å². The zero-order chi connectivity index (χ0) is 26.4. The first-order valence-corrected chi connectivity index (χ1v) is 11.7. The molecule has 11 heteroatoms. The molecule has 6 rings (SSSR count). The van der Waals surface area contributed by atoms with Gasteiger partial charge < -0.3 is 24.0 Å². The lowest BCUT2D eigenvalue weighted by Gasteiger charge is -2.22. The van der Waals surface area contributed by atoms with Crippen LogP contribution < -0.4 is 5.69 Å². The summed E-state index contributed by atoms with van der Waals surface area (Å²) in [6, 6.07) is 13.8. The van der Waals surface area contributed by atoms with E-state index in [1.165, 1.54) is 29.2 Å². The van der Waals surface area contributed by atoms with E-state index in [1.54, 1.807) is 6.07 Å². The van der Waals surface area contributed by atoms with Gasteiger partial charge in [-0.05, 0) is 60.5 Å². The first kappa shape index (κ1) is 23.7. The summed E-state index contributed by atoms with van der Waals surface area (Å²) in [7, 11) is 0. The predicted molar refractivity (Wildman–Crippen MR) is 130 cm³/mol. The number of nitrogens with zero attached hydrogens (tertiary/aromatic N) is 2. The van der Waals surface area contributed by atoms with Crippen LogP contribution in [0.15, 0.2) is 69.9 Å². The van der Waals surface area contributed by atoms with Crippen molar-refractivity contribution in [2.45, 2.75) is 12.6 Å². The lowest BCUT2D eigenvalue weighted by molar-refractivity contribution is -0.128. The number of benzene rings is 3. The van der Waals surface area contributed by atoms with Crippen LogP contribution in [-0.4, -0.2) is 38.9 Å². The number of H-pyrrole nitrogens is 2. The fourth-order valence-corrected chi connectivity index (χ4v) is 4.51. The monoisotopic (exact) mass is 520 g/mol. The topological polar surface area (TPSA) is 104 Å². The maximum absolute atomic E-state index is 13.9. The van der Waals surface area contributed by atoms with Crippen molar-refractivity contribution in [2.75, 3.05) is 13.2 Å². The fraction of sp³-hybridized carbons (Fsp3) is 0.148. The first-order valence-electron chi connectivity index (χ1n) is 11.7. The van der Waals surface area contributed by atoms with E-state index in [0.717, 1.165) is 23.8 Å². The standard InChI is InChI=1S/C27H19F3N4O4/c28-17-4-2-15(3-5-17)23-24(38-25(33-23)16-10-18(29)12-19(30)11-16)26-34(22(35)13-37-26)8-7-14-1-6-20-21(9-14)32-27(36)31-20/h1-6,9-12,26H,7-8,13H2,(H2,31,32,36). The second-order valence-electron chi connectivity index (χ2n) is 8.86. The van der Waals surface area contributed by atoms with Gasteiger partial charge in [0.25, 0.3) is 5.91 Å². The van der Waals surface area contributed by atoms with Gasteiger partial charge in [-0.1, -0.05) is 6.07 Å². The molecule has 2 N–H and O–H groups in total. The summed E-state index contributed by atoms with van der Waals surface area (Å²) < 4.78 is 53.2. The number of oxazole rings is 1. The van der Waals surface area contributed by atoms with Crippen LogP contribution in [0.4, 0.5) is 13.2 Å². The molecular weight excluding hydrogens is 501 g/mol. The Labute approximate surface area is 212 Å². The van der Waals surface area contributed by atoms with E-state index in [-0.39, 0.29) is 47.7 Å². The van der Waals surface area contributed by atoms with E-state index in [9.17, 15) is 22.8 Å². The zero-order valence-electron chi connectivity index (χ0n) is 19.6. The molecule has 1 aliphatic rings. The number of carbonyl (C=O) groups is 1. The van der Waals surface area contributed by atoms with Crippen molar-refractivity contribution in [3.8, 4) is 22.7 Å². The van der Waals surface area contributed by atoms with Crippen LogP contribution in [0.1, 0.15) is 17.6 Å². The molecule has 3 heterocycles. The number of carbonyl (C=O) groups excluding carboxylic acids is 1. The third-order valence-corrected chi connectivity index (χ3v) is 6.29. The number of halogens is 3. The molecule has 0 spiro atoms. The Kier molecular flexibility index (Phi) is 5.84. The van der Waals surface area contributed by atoms with Crippen molar-refractivity contribution in [2.24, 2.45) is 0 Å². The lowest BCUT2D eigenvalue weighted by atomic mass is 10.1. The molecule has 3 aromatic carbocycles. The van der Waals surface area contributed by atoms with E-state index in [2.05, 4.69) is 15.0 Å². The maximum Gasteiger partial charge on any atom is 0.323 e. The molecule has 38 heavy (non-hydrogen) atoms. The number of aromatic amines is 2. The SMILES string of the molecule is O=C1COC(c2oc(-c3cc(F)cc(F)c3)nc2-c2ccc(F)cc2)N1CCc1ccc2[nH]c(=O)[nH]c2c1. The Balaban J connectivity index is 1.36. The maximum atomic E-state index is 13.9. The van der Waals surface area contributed by atoms with Crippen LogP contribution in [0.3, 0.4) is 0 Å². The number of aromatic nitrogens is 3. The molecule has 0 bridgehead atoms. The van der Waals surface area contributed by atoms with Crippen LogP contribution in [0.25, 0.3) is 33.7 Å². The van der Waals surface area contributed by atoms with E-state index in [0.29, 0.717) is 23.0 Å². The Morgan fingerprint density at radius 3 is 2.37 bits per heavy atom. The molecule has 192 valence electrons. The predicted octanol–water partition coefficient (Wildman–Crippen LogP) is 4.70. The highest BCUT2D eigenvalue weighted by Crippen LogP contribution is 2.38. The number of fused-ring (bicyclic) bond motifs is 1. The summed E-state index contributed by atoms with van der Waals surface area (Å²) in [6.45, 7) is 0.0411. The van der Waals surface area contributed by atoms with Crippen LogP contribution in [0.5, 0.6) is 0 Å². The number of ether oxygens (including phenoxy) is 1. The van der Waals surface area contributed by atoms with Gasteiger partial charge in [-0.15, -0.1) is 0 Å². The number of amides is 1. The number of imidazole rings is 1. The van der Waals surface area contributed by atoms with Crippen molar-refractivity contribution in [3.05, 3.63) is 99.9 Å². The minimum Gasteiger partial charge on any atom is -0.436 e. The lowest BCUT2D eigenvalue weighted by Crippen LogP contribution is -2.30. The van der Waals surface area contributed by atoms with Crippen molar-refractivity contribution in [3.63, 3.8) is 0 Å². The van der Waals surface area contributed by atoms with Gasteiger partial charge in [0.2, 0.25) is 5.89 Å². The molecule has 1 fully saturated rings. The third-order valence-electron chi connectivity index (χ3n) is 6.29. The van der Waals surface area contributed by atoms with Crippen molar-refractivity contribution >= 4 is 16.9 Å². The van der Waals surface area contributed by atoms with Crippen molar-refractivity contribution < 1.29 is 27.1 Å². The summed E-state index contributed by atoms with van der Waals surface area (Å²) in [5, 5.41) is 0. The van der Waals surface area contributed by atoms with E-state index >= 15 is 0 Å². The van der Waals surface area contributed by atoms with E-state index in [1.807, 2.05) is 12.1 Å². The van der Waals surface area contributed by atoms with Crippen LogP contribution >= 0.6 is 0 Å². The molecule has 2 aromatic heterocycles. The molecule has 1 unspecified atom stereocenters. The van der Waals surface area contributed by atoms with Gasteiger partial charge in [-0.2, -0.15) is 0 Å². The quantitative estimate of drug-likeness (QED) is 0.338. The van der Waals surface area contributed by atoms with Gasteiger partial charge in [0.15, 0.2) is 12.0 Å². The molecule has 1 amide bonds. The molecule has 1 saturated heterocycles. The molecular formula is C27H19F3N4O4. The normalized spacial score (nSPS) is 15.6. The highest BCUT2D eigenvalue weighted by molar-refractivity contribution is 5.80. The molecule has 0 saturated carbocycles. The Hall–Kier alpha value is -4.64. The smallest absolute Gasteiger partial charge is 0.323 e. The van der Waals surface area contributed by atoms with Gasteiger partial charge in [0.05, 0.1) is 11.0 Å². The van der Waals surface area contributed by atoms with Gasteiger partial charge in [0.1, 0.15) is 29.8 Å². The summed E-state index contributed by atoms with van der Waals surface area (Å²) in [5.41, 5.74) is 2.66. The molecule has 0 radical (unpaired) electrons. The second kappa shape index (κ2) is 9.34. The summed E-state index contributed by atoms with van der Waals surface area (Å²) in [5.74, 6) is -2.29. The molecule has 0 aliphatic carbocycles. The Bertz CT molecular complexity index is 1700. The van der Waals surface area contributed by atoms with E-state index < -0.39 is 23.7 Å². The third kappa shape index (κ3) is 4.48. The Morgan fingerprint density at radius 1 is 0.868 bits per heavy atom. The highest BCUT2D eigenvalue weighted by atomic mass is 19.1. The number of hydrogen-bond acceptors (Lipinski definition) is 5. The minimum atomic E-state index is -0.974. The Morgan fingerprint density at radius 2 is 1.61 bits per heavy atom. The average molecular weight is 520 g/mol. The molecule has 1 atom stereocenters. The minimum absolute atomic E-state index is 0.0572. The highest BCUT2D eigenvalue weighted by Gasteiger charge is 2.38. The number of nitrogens with one attached hydrogen (secondary N) is 2. The van der Waals surface area contributed by atoms with Gasteiger partial charge in [-0.3, -0.25) is 4.79 Å². The van der Waals surface area contributed by atoms with Gasteiger partial charge >= 0.3 is 5.69 Å². The van der Waals surface area contributed by atoms with Gasteiger partial charge in [0, 0.05) is 23.7 Å². The fourth-order valence-electron chi connectivity index (χ4n) is 4.51. The molecule has 5 aromatic rings. The van der Waals surface area contributed by atoms with Crippen molar-refractivity contribution in [1.29, 1.82) is 0 Å². The first-order chi connectivity index (χ1) is 18.3. The van der Waals surface area contributed by atoms with Crippen LogP contribution in [0, 0.1) is 17.5 Å². The molecule has 8 nitrogen and oxygen atoms in total. The van der Waals surface area contributed by atoms with Crippen LogP contribution in [-0.2, 0) is 16.0 Å². The van der Waals surface area contributed by atoms with E-state index in [4.69, 9.17) is 9.15 Å². The summed E-state index contributed by atoms with van der Waals surface area (Å²) in [4.78, 5) is 35.7. The molecule has 1 aliphatic heterocycles.